The molecule has 0 amide bonds. The Morgan fingerprint density at radius 3 is 2.47 bits per heavy atom. The number of likely N-dealkylation sites (N-methyl/N-ethyl adjacent to an activating group) is 1. The van der Waals surface area contributed by atoms with Crippen LogP contribution in [0.2, 0.25) is 0 Å². The van der Waals surface area contributed by atoms with Gasteiger partial charge in [-0.25, -0.2) is 12.7 Å². The molecule has 0 aromatic heterocycles. The number of ether oxygens (including phenoxy) is 1. The van der Waals surface area contributed by atoms with Crippen LogP contribution in [0.3, 0.4) is 0 Å². The van der Waals surface area contributed by atoms with E-state index in [4.69, 9.17) is 4.74 Å². The Morgan fingerprint density at radius 1 is 1.37 bits per heavy atom. The fourth-order valence-corrected chi connectivity index (χ4v) is 3.48. The van der Waals surface area contributed by atoms with Gasteiger partial charge in [0.15, 0.2) is 0 Å². The van der Waals surface area contributed by atoms with E-state index in [1.165, 1.54) is 7.05 Å². The maximum Gasteiger partial charge on any atom is 0.306 e. The van der Waals surface area contributed by atoms with Crippen molar-refractivity contribution in [3.63, 3.8) is 0 Å². The third-order valence-electron chi connectivity index (χ3n) is 3.40. The van der Waals surface area contributed by atoms with Gasteiger partial charge in [0.2, 0.25) is 10.0 Å². The van der Waals surface area contributed by atoms with Gasteiger partial charge >= 0.3 is 5.97 Å². The number of carbonyl (C=O) groups is 1. The summed E-state index contributed by atoms with van der Waals surface area (Å²) in [5, 5.41) is 10.2. The average Bonchev–Trinajstić information content (AvgIpc) is 2.73. The maximum atomic E-state index is 12.0. The van der Waals surface area contributed by atoms with Crippen LogP contribution in [-0.4, -0.2) is 55.4 Å². The van der Waals surface area contributed by atoms with Crippen molar-refractivity contribution in [3.05, 3.63) is 0 Å². The normalized spacial score (nSPS) is 18.7. The number of esters is 1. The molecule has 0 heterocycles. The van der Waals surface area contributed by atoms with Crippen molar-refractivity contribution in [1.29, 1.82) is 0 Å². The van der Waals surface area contributed by atoms with E-state index in [-0.39, 0.29) is 25.3 Å². The first-order valence-electron chi connectivity index (χ1n) is 6.61. The van der Waals surface area contributed by atoms with Crippen LogP contribution in [0.5, 0.6) is 0 Å². The fraction of sp³-hybridized carbons (Fsp3) is 0.917. The lowest BCUT2D eigenvalue weighted by Crippen LogP contribution is -2.43. The van der Waals surface area contributed by atoms with Crippen LogP contribution in [-0.2, 0) is 19.6 Å². The lowest BCUT2D eigenvalue weighted by molar-refractivity contribution is -0.142. The summed E-state index contributed by atoms with van der Waals surface area (Å²) < 4.78 is 29.8. The number of hydrogen-bond acceptors (Lipinski definition) is 5. The first-order valence-corrected chi connectivity index (χ1v) is 8.22. The summed E-state index contributed by atoms with van der Waals surface area (Å²) in [6.07, 6.45) is 2.95. The molecule has 0 unspecified atom stereocenters. The Labute approximate surface area is 114 Å². The number of rotatable bonds is 7. The van der Waals surface area contributed by atoms with Gasteiger partial charge in [-0.2, -0.15) is 0 Å². The predicted octanol–water partition coefficient (Wildman–Crippen LogP) is 0.506. The molecule has 0 aromatic rings. The van der Waals surface area contributed by atoms with E-state index in [2.05, 4.69) is 0 Å². The van der Waals surface area contributed by atoms with Crippen LogP contribution in [0.25, 0.3) is 0 Å². The molecular weight excluding hydrogens is 270 g/mol. The number of aliphatic hydroxyl groups is 1. The molecule has 0 saturated heterocycles. The van der Waals surface area contributed by atoms with Gasteiger partial charge in [-0.1, -0.05) is 12.8 Å². The topological polar surface area (TPSA) is 83.9 Å². The number of carbonyl (C=O) groups excluding carboxylic acids is 1. The van der Waals surface area contributed by atoms with Gasteiger partial charge in [0.1, 0.15) is 0 Å². The fourth-order valence-electron chi connectivity index (χ4n) is 2.31. The smallest absolute Gasteiger partial charge is 0.306 e. The van der Waals surface area contributed by atoms with Gasteiger partial charge in [-0.3, -0.25) is 4.79 Å². The van der Waals surface area contributed by atoms with Gasteiger partial charge < -0.3 is 9.84 Å². The van der Waals surface area contributed by atoms with Crippen molar-refractivity contribution >= 4 is 16.0 Å². The highest BCUT2D eigenvalue weighted by molar-refractivity contribution is 7.89. The second-order valence-electron chi connectivity index (χ2n) is 5.06. The van der Waals surface area contributed by atoms with Gasteiger partial charge in [-0.05, 0) is 19.8 Å². The minimum absolute atomic E-state index is 0.0954. The highest BCUT2D eigenvalue weighted by atomic mass is 32.2. The summed E-state index contributed by atoms with van der Waals surface area (Å²) >= 11 is 0. The number of sulfonamides is 1. The van der Waals surface area contributed by atoms with Gasteiger partial charge in [0.05, 0.1) is 24.4 Å². The average molecular weight is 293 g/mol. The zero-order valence-electron chi connectivity index (χ0n) is 11.6. The molecule has 0 bridgehead atoms. The van der Waals surface area contributed by atoms with Crippen molar-refractivity contribution in [3.8, 4) is 0 Å². The van der Waals surface area contributed by atoms with E-state index in [9.17, 15) is 18.3 Å². The van der Waals surface area contributed by atoms with Gasteiger partial charge in [-0.15, -0.1) is 0 Å². The van der Waals surface area contributed by atoms with Gasteiger partial charge in [0, 0.05) is 13.6 Å². The predicted molar refractivity (Wildman–Crippen MR) is 71.1 cm³/mol. The molecule has 0 aliphatic heterocycles. The van der Waals surface area contributed by atoms with Crippen molar-refractivity contribution in [2.75, 3.05) is 26.0 Å². The summed E-state index contributed by atoms with van der Waals surface area (Å²) in [5.41, 5.74) is -0.911. The lowest BCUT2D eigenvalue weighted by atomic mass is 10.0. The Balaban J connectivity index is 2.49. The monoisotopic (exact) mass is 293 g/mol. The van der Waals surface area contributed by atoms with Crippen molar-refractivity contribution in [1.82, 2.24) is 4.31 Å². The molecule has 0 radical (unpaired) electrons. The molecular formula is C12H23NO5S. The molecule has 1 N–H and O–H groups in total. The zero-order valence-corrected chi connectivity index (χ0v) is 12.4. The lowest BCUT2D eigenvalue weighted by Gasteiger charge is -2.28. The molecule has 6 nitrogen and oxygen atoms in total. The van der Waals surface area contributed by atoms with Crippen LogP contribution in [0.4, 0.5) is 0 Å². The molecule has 0 aromatic carbocycles. The van der Waals surface area contributed by atoms with Gasteiger partial charge in [0.25, 0.3) is 0 Å². The van der Waals surface area contributed by atoms with E-state index >= 15 is 0 Å². The number of nitrogens with zero attached hydrogens (tertiary/aromatic N) is 1. The first-order chi connectivity index (χ1) is 8.79. The second-order valence-corrected chi connectivity index (χ2v) is 7.25. The van der Waals surface area contributed by atoms with Crippen LogP contribution in [0, 0.1) is 0 Å². The quantitative estimate of drug-likeness (QED) is 0.691. The Morgan fingerprint density at radius 2 is 1.95 bits per heavy atom. The maximum absolute atomic E-state index is 12.0. The van der Waals surface area contributed by atoms with Crippen LogP contribution < -0.4 is 0 Å². The van der Waals surface area contributed by atoms with E-state index in [0.29, 0.717) is 12.8 Å². The molecule has 1 aliphatic rings. The van der Waals surface area contributed by atoms with E-state index in [1.54, 1.807) is 6.92 Å². The van der Waals surface area contributed by atoms with E-state index < -0.39 is 21.6 Å². The van der Waals surface area contributed by atoms with E-state index in [1.807, 2.05) is 0 Å². The zero-order chi connectivity index (χ0) is 14.5. The van der Waals surface area contributed by atoms with Crippen LogP contribution >= 0.6 is 0 Å². The summed E-state index contributed by atoms with van der Waals surface area (Å²) in [6, 6.07) is 0. The Kier molecular flexibility index (Phi) is 5.76. The minimum atomic E-state index is -3.53. The van der Waals surface area contributed by atoms with E-state index in [0.717, 1.165) is 17.1 Å². The molecule has 1 saturated carbocycles. The number of hydrogen-bond donors (Lipinski definition) is 1. The third-order valence-corrected chi connectivity index (χ3v) is 5.19. The van der Waals surface area contributed by atoms with Crippen LogP contribution in [0.1, 0.15) is 39.0 Å². The standard InChI is InChI=1S/C12H23NO5S/c1-3-18-11(14)6-9-19(16,17)13(2)10-12(15)7-4-5-8-12/h15H,3-10H2,1-2H3. The molecule has 7 heteroatoms. The minimum Gasteiger partial charge on any atom is -0.466 e. The Bertz CT molecular complexity index is 400. The molecule has 1 rings (SSSR count). The molecule has 1 aliphatic carbocycles. The summed E-state index contributed by atoms with van der Waals surface area (Å²) in [6.45, 7) is 2.01. The molecule has 1 fully saturated rings. The molecule has 0 atom stereocenters. The van der Waals surface area contributed by atoms with Crippen molar-refractivity contribution < 1.29 is 23.1 Å². The SMILES string of the molecule is CCOC(=O)CCS(=O)(=O)N(C)CC1(O)CCCC1. The summed E-state index contributed by atoms with van der Waals surface area (Å²) in [4.78, 5) is 11.2. The van der Waals surface area contributed by atoms with Crippen molar-refractivity contribution in [2.45, 2.75) is 44.6 Å². The highest BCUT2D eigenvalue weighted by Crippen LogP contribution is 2.30. The largest absolute Gasteiger partial charge is 0.466 e. The summed E-state index contributed by atoms with van der Waals surface area (Å²) in [7, 11) is -2.09. The molecule has 0 spiro atoms. The first kappa shape index (κ1) is 16.4. The highest BCUT2D eigenvalue weighted by Gasteiger charge is 2.35. The van der Waals surface area contributed by atoms with Crippen LogP contribution in [0.15, 0.2) is 0 Å². The molecule has 19 heavy (non-hydrogen) atoms. The third kappa shape index (κ3) is 5.08. The van der Waals surface area contributed by atoms with Crippen molar-refractivity contribution in [2.24, 2.45) is 0 Å². The second kappa shape index (κ2) is 6.67. The summed E-state index contributed by atoms with van der Waals surface area (Å²) in [5.74, 6) is -0.794. The Hall–Kier alpha value is -0.660. The molecule has 112 valence electrons.